The second kappa shape index (κ2) is 6.07. The molecule has 0 spiro atoms. The Bertz CT molecular complexity index is 465. The van der Waals surface area contributed by atoms with Gasteiger partial charge in [0.2, 0.25) is 0 Å². The van der Waals surface area contributed by atoms with Crippen LogP contribution in [0.1, 0.15) is 44.7 Å². The summed E-state index contributed by atoms with van der Waals surface area (Å²) in [5, 5.41) is 3.58. The number of nitrogens with one attached hydrogen (secondary N) is 1. The fourth-order valence-corrected chi connectivity index (χ4v) is 3.40. The average molecular weight is 340 g/mol. The van der Waals surface area contributed by atoms with E-state index in [1.807, 2.05) is 0 Å². The average Bonchev–Trinajstić information content (AvgIpc) is 2.42. The van der Waals surface area contributed by atoms with Crippen LogP contribution in [0.15, 0.2) is 16.6 Å². The number of rotatable bonds is 5. The highest BCUT2D eigenvalue weighted by atomic mass is 79.9. The minimum absolute atomic E-state index is 0.241. The number of ether oxygens (including phenoxy) is 1. The van der Waals surface area contributed by atoms with E-state index in [1.54, 1.807) is 0 Å². The highest BCUT2D eigenvalue weighted by molar-refractivity contribution is 9.10. The molecule has 0 aliphatic heterocycles. The van der Waals surface area contributed by atoms with Crippen molar-refractivity contribution in [1.82, 2.24) is 5.32 Å². The minimum Gasteiger partial charge on any atom is -0.490 e. The molecule has 2 rings (SSSR count). The van der Waals surface area contributed by atoms with Crippen molar-refractivity contribution in [2.75, 3.05) is 6.54 Å². The van der Waals surface area contributed by atoms with Crippen molar-refractivity contribution in [2.45, 2.75) is 59.6 Å². The van der Waals surface area contributed by atoms with Crippen LogP contribution in [0.4, 0.5) is 0 Å². The molecule has 1 N–H and O–H groups in total. The monoisotopic (exact) mass is 339 g/mol. The molecule has 0 bridgehead atoms. The molecule has 0 aromatic heterocycles. The van der Waals surface area contributed by atoms with Gasteiger partial charge in [-0.15, -0.1) is 0 Å². The fraction of sp³-hybridized carbons (Fsp3) is 0.647. The van der Waals surface area contributed by atoms with Crippen molar-refractivity contribution in [3.05, 3.63) is 27.7 Å². The summed E-state index contributed by atoms with van der Waals surface area (Å²) in [6.45, 7) is 12.0. The molecule has 1 aromatic carbocycles. The van der Waals surface area contributed by atoms with Crippen LogP contribution in [0.5, 0.6) is 5.75 Å². The van der Waals surface area contributed by atoms with Gasteiger partial charge in [-0.3, -0.25) is 0 Å². The van der Waals surface area contributed by atoms with E-state index >= 15 is 0 Å². The fourth-order valence-electron chi connectivity index (χ4n) is 3.17. The summed E-state index contributed by atoms with van der Waals surface area (Å²) in [4.78, 5) is 0. The van der Waals surface area contributed by atoms with E-state index in [2.05, 4.69) is 68.0 Å². The molecule has 0 radical (unpaired) electrons. The lowest BCUT2D eigenvalue weighted by Crippen LogP contribution is -2.63. The first kappa shape index (κ1) is 15.8. The molecule has 1 aliphatic rings. The third-order valence-corrected chi connectivity index (χ3v) is 6.13. The molecule has 1 saturated carbocycles. The van der Waals surface area contributed by atoms with Crippen molar-refractivity contribution in [3.8, 4) is 5.75 Å². The van der Waals surface area contributed by atoms with Crippen molar-refractivity contribution in [1.29, 1.82) is 0 Å². The Labute approximate surface area is 131 Å². The maximum atomic E-state index is 6.29. The molecule has 3 unspecified atom stereocenters. The van der Waals surface area contributed by atoms with Crippen LogP contribution in [-0.2, 0) is 0 Å². The largest absolute Gasteiger partial charge is 0.490 e. The topological polar surface area (TPSA) is 21.3 Å². The Hall–Kier alpha value is -0.540. The number of benzene rings is 1. The Morgan fingerprint density at radius 2 is 1.90 bits per heavy atom. The minimum atomic E-state index is 0.241. The SMILES string of the molecule is CCNC1CC(Oc2cc(C)c(Br)c(C)c2)C1(C)CC. The summed E-state index contributed by atoms with van der Waals surface area (Å²) >= 11 is 3.61. The van der Waals surface area contributed by atoms with Crippen molar-refractivity contribution in [3.63, 3.8) is 0 Å². The Morgan fingerprint density at radius 3 is 2.40 bits per heavy atom. The van der Waals surface area contributed by atoms with Gasteiger partial charge in [-0.25, -0.2) is 0 Å². The highest BCUT2D eigenvalue weighted by Crippen LogP contribution is 2.46. The molecule has 0 heterocycles. The molecule has 112 valence electrons. The highest BCUT2D eigenvalue weighted by Gasteiger charge is 2.51. The van der Waals surface area contributed by atoms with Crippen LogP contribution in [-0.4, -0.2) is 18.7 Å². The van der Waals surface area contributed by atoms with Gasteiger partial charge >= 0.3 is 0 Å². The zero-order valence-corrected chi connectivity index (χ0v) is 14.8. The van der Waals surface area contributed by atoms with E-state index in [4.69, 9.17) is 4.74 Å². The maximum absolute atomic E-state index is 6.29. The lowest BCUT2D eigenvalue weighted by atomic mass is 9.61. The van der Waals surface area contributed by atoms with Gasteiger partial charge in [0.1, 0.15) is 11.9 Å². The number of aryl methyl sites for hydroxylation is 2. The normalized spacial score (nSPS) is 29.1. The van der Waals surface area contributed by atoms with Crippen molar-refractivity contribution in [2.24, 2.45) is 5.41 Å². The molecule has 1 aromatic rings. The first-order valence-corrected chi connectivity index (χ1v) is 8.38. The van der Waals surface area contributed by atoms with E-state index in [0.29, 0.717) is 12.1 Å². The van der Waals surface area contributed by atoms with Gasteiger partial charge in [-0.05, 0) is 50.1 Å². The predicted molar refractivity (Wildman–Crippen MR) is 88.5 cm³/mol. The van der Waals surface area contributed by atoms with Crippen LogP contribution in [0, 0.1) is 19.3 Å². The summed E-state index contributed by atoms with van der Waals surface area (Å²) in [5.41, 5.74) is 2.71. The quantitative estimate of drug-likeness (QED) is 0.845. The van der Waals surface area contributed by atoms with Gasteiger partial charge in [-0.1, -0.05) is 36.7 Å². The standard InChI is InChI=1S/C17H26BrNO/c1-6-17(5)14(19-7-2)10-15(17)20-13-8-11(3)16(18)12(4)9-13/h8-9,14-15,19H,6-7,10H2,1-5H3. The lowest BCUT2D eigenvalue weighted by molar-refractivity contribution is -0.0697. The second-order valence-corrected chi connectivity index (χ2v) is 6.98. The van der Waals surface area contributed by atoms with Crippen LogP contribution in [0.3, 0.4) is 0 Å². The summed E-state index contributed by atoms with van der Waals surface area (Å²) in [6, 6.07) is 4.85. The van der Waals surface area contributed by atoms with Crippen molar-refractivity contribution >= 4 is 15.9 Å². The molecule has 1 aliphatic carbocycles. The Morgan fingerprint density at radius 1 is 1.30 bits per heavy atom. The van der Waals surface area contributed by atoms with Crippen LogP contribution in [0.2, 0.25) is 0 Å². The molecule has 0 saturated heterocycles. The van der Waals surface area contributed by atoms with Crippen molar-refractivity contribution < 1.29 is 4.74 Å². The number of hydrogen-bond donors (Lipinski definition) is 1. The summed E-state index contributed by atoms with van der Waals surface area (Å²) in [7, 11) is 0. The lowest BCUT2D eigenvalue weighted by Gasteiger charge is -2.53. The molecule has 2 nitrogen and oxygen atoms in total. The molecular weight excluding hydrogens is 314 g/mol. The first-order valence-electron chi connectivity index (χ1n) is 7.59. The van der Waals surface area contributed by atoms with Crippen LogP contribution in [0.25, 0.3) is 0 Å². The second-order valence-electron chi connectivity index (χ2n) is 6.18. The Balaban J connectivity index is 2.11. The Kier molecular flexibility index (Phi) is 4.80. The van der Waals surface area contributed by atoms with Gasteiger partial charge in [0.25, 0.3) is 0 Å². The molecular formula is C17H26BrNO. The van der Waals surface area contributed by atoms with Gasteiger partial charge < -0.3 is 10.1 Å². The smallest absolute Gasteiger partial charge is 0.120 e. The summed E-state index contributed by atoms with van der Waals surface area (Å²) < 4.78 is 7.47. The number of halogens is 1. The zero-order chi connectivity index (χ0) is 14.9. The first-order chi connectivity index (χ1) is 9.42. The van der Waals surface area contributed by atoms with Gasteiger partial charge in [-0.2, -0.15) is 0 Å². The molecule has 0 amide bonds. The molecule has 20 heavy (non-hydrogen) atoms. The molecule has 1 fully saturated rings. The third-order valence-electron chi connectivity index (χ3n) is 4.88. The molecule has 3 heteroatoms. The van der Waals surface area contributed by atoms with Gasteiger partial charge in [0, 0.05) is 22.4 Å². The van der Waals surface area contributed by atoms with E-state index in [1.165, 1.54) is 15.6 Å². The van der Waals surface area contributed by atoms with E-state index in [-0.39, 0.29) is 5.41 Å². The summed E-state index contributed by atoms with van der Waals surface area (Å²) in [5.74, 6) is 1.00. The van der Waals surface area contributed by atoms with Gasteiger partial charge in [0.15, 0.2) is 0 Å². The van der Waals surface area contributed by atoms with E-state index in [0.717, 1.165) is 25.1 Å². The van der Waals surface area contributed by atoms with Gasteiger partial charge in [0.05, 0.1) is 0 Å². The third kappa shape index (κ3) is 2.75. The van der Waals surface area contributed by atoms with Crippen LogP contribution >= 0.6 is 15.9 Å². The predicted octanol–water partition coefficient (Wildman–Crippen LogP) is 4.61. The maximum Gasteiger partial charge on any atom is 0.120 e. The number of hydrogen-bond acceptors (Lipinski definition) is 2. The summed E-state index contributed by atoms with van der Waals surface area (Å²) in [6.07, 6.45) is 2.56. The molecule has 3 atom stereocenters. The van der Waals surface area contributed by atoms with E-state index in [9.17, 15) is 0 Å². The van der Waals surface area contributed by atoms with E-state index < -0.39 is 0 Å². The van der Waals surface area contributed by atoms with Crippen LogP contribution < -0.4 is 10.1 Å². The zero-order valence-electron chi connectivity index (χ0n) is 13.2.